The number of carbonyl (C=O) groups is 2. The van der Waals surface area contributed by atoms with Crippen LogP contribution >= 0.6 is 23.2 Å². The molecule has 0 spiro atoms. The number of halogens is 2. The van der Waals surface area contributed by atoms with Gasteiger partial charge in [0, 0.05) is 37.6 Å². The summed E-state index contributed by atoms with van der Waals surface area (Å²) in [6, 6.07) is 12.2. The Kier molecular flexibility index (Phi) is 7.96. The summed E-state index contributed by atoms with van der Waals surface area (Å²) >= 11 is 12.2. The molecule has 0 saturated carbocycles. The Balaban J connectivity index is 1.50. The Hall–Kier alpha value is -2.28. The molecule has 6 nitrogen and oxygen atoms in total. The molecule has 0 aromatic heterocycles. The van der Waals surface area contributed by atoms with Crippen molar-refractivity contribution < 1.29 is 14.3 Å². The highest BCUT2D eigenvalue weighted by atomic mass is 35.5. The van der Waals surface area contributed by atoms with Crippen molar-refractivity contribution in [1.82, 2.24) is 9.80 Å². The van der Waals surface area contributed by atoms with Gasteiger partial charge in [0.05, 0.1) is 23.4 Å². The van der Waals surface area contributed by atoms with Gasteiger partial charge in [-0.15, -0.1) is 0 Å². The van der Waals surface area contributed by atoms with E-state index in [-0.39, 0.29) is 11.8 Å². The number of hydrogen-bond donors (Lipinski definition) is 1. The van der Waals surface area contributed by atoms with Gasteiger partial charge < -0.3 is 19.9 Å². The van der Waals surface area contributed by atoms with Crippen LogP contribution in [-0.4, -0.2) is 61.4 Å². The molecule has 1 fully saturated rings. The Labute approximate surface area is 186 Å². The first-order valence-electron chi connectivity index (χ1n) is 9.87. The van der Waals surface area contributed by atoms with Crippen molar-refractivity contribution in [1.29, 1.82) is 0 Å². The standard InChI is InChI=1S/C22H25Cl2N3O3/c1-30-20-8-7-16(23)15-19(20)25-21(28)9-12-26-10-4-11-27(14-13-26)22(29)17-5-2-3-6-18(17)24/h2-3,5-8,15H,4,9-14H2,1H3,(H,25,28). The quantitative estimate of drug-likeness (QED) is 0.718. The number of benzene rings is 2. The van der Waals surface area contributed by atoms with Crippen LogP contribution in [-0.2, 0) is 4.79 Å². The fourth-order valence-electron chi connectivity index (χ4n) is 3.45. The van der Waals surface area contributed by atoms with Crippen molar-refractivity contribution >= 4 is 40.7 Å². The third kappa shape index (κ3) is 5.88. The lowest BCUT2D eigenvalue weighted by Gasteiger charge is -2.22. The summed E-state index contributed by atoms with van der Waals surface area (Å²) in [4.78, 5) is 29.2. The molecule has 160 valence electrons. The van der Waals surface area contributed by atoms with Gasteiger partial charge in [0.15, 0.2) is 0 Å². The van der Waals surface area contributed by atoms with Gasteiger partial charge in [-0.25, -0.2) is 0 Å². The zero-order valence-corrected chi connectivity index (χ0v) is 18.4. The van der Waals surface area contributed by atoms with Crippen molar-refractivity contribution in [2.75, 3.05) is 45.2 Å². The van der Waals surface area contributed by atoms with E-state index in [0.717, 1.165) is 13.0 Å². The second-order valence-corrected chi connectivity index (χ2v) is 7.95. The summed E-state index contributed by atoms with van der Waals surface area (Å²) in [7, 11) is 1.55. The van der Waals surface area contributed by atoms with Gasteiger partial charge in [0.1, 0.15) is 5.75 Å². The van der Waals surface area contributed by atoms with Crippen molar-refractivity contribution in [3.05, 3.63) is 58.1 Å². The van der Waals surface area contributed by atoms with Crippen LogP contribution in [0.25, 0.3) is 0 Å². The fraction of sp³-hybridized carbons (Fsp3) is 0.364. The minimum atomic E-state index is -0.108. The Morgan fingerprint density at radius 2 is 1.87 bits per heavy atom. The van der Waals surface area contributed by atoms with Crippen LogP contribution in [0.4, 0.5) is 5.69 Å². The van der Waals surface area contributed by atoms with E-state index < -0.39 is 0 Å². The van der Waals surface area contributed by atoms with Crippen LogP contribution in [0.1, 0.15) is 23.2 Å². The van der Waals surface area contributed by atoms with Crippen molar-refractivity contribution in [3.63, 3.8) is 0 Å². The summed E-state index contributed by atoms with van der Waals surface area (Å²) in [5.41, 5.74) is 1.09. The second kappa shape index (κ2) is 10.7. The number of nitrogens with zero attached hydrogens (tertiary/aromatic N) is 2. The fourth-order valence-corrected chi connectivity index (χ4v) is 3.84. The topological polar surface area (TPSA) is 61.9 Å². The molecule has 2 aromatic carbocycles. The van der Waals surface area contributed by atoms with E-state index in [1.807, 2.05) is 17.0 Å². The van der Waals surface area contributed by atoms with E-state index in [1.54, 1.807) is 37.4 Å². The molecule has 1 heterocycles. The number of carbonyl (C=O) groups excluding carboxylic acids is 2. The van der Waals surface area contributed by atoms with Gasteiger partial charge in [-0.1, -0.05) is 35.3 Å². The number of ether oxygens (including phenoxy) is 1. The largest absolute Gasteiger partial charge is 0.495 e. The first-order valence-corrected chi connectivity index (χ1v) is 10.6. The number of rotatable bonds is 6. The third-order valence-corrected chi connectivity index (χ3v) is 5.64. The molecule has 8 heteroatoms. The van der Waals surface area contributed by atoms with Crippen LogP contribution in [0.5, 0.6) is 5.75 Å². The predicted molar refractivity (Wildman–Crippen MR) is 120 cm³/mol. The molecular formula is C22H25Cl2N3O3. The molecule has 3 rings (SSSR count). The predicted octanol–water partition coefficient (Wildman–Crippen LogP) is 4.18. The number of amides is 2. The molecule has 0 bridgehead atoms. The molecule has 0 radical (unpaired) electrons. The molecule has 1 aliphatic rings. The van der Waals surface area contributed by atoms with Gasteiger partial charge in [0.2, 0.25) is 5.91 Å². The van der Waals surface area contributed by atoms with E-state index in [9.17, 15) is 9.59 Å². The summed E-state index contributed by atoms with van der Waals surface area (Å²) < 4.78 is 5.26. The number of methoxy groups -OCH3 is 1. The summed E-state index contributed by atoms with van der Waals surface area (Å²) in [5, 5.41) is 3.86. The normalized spacial score (nSPS) is 14.8. The van der Waals surface area contributed by atoms with Gasteiger partial charge >= 0.3 is 0 Å². The molecular weight excluding hydrogens is 425 g/mol. The maximum Gasteiger partial charge on any atom is 0.255 e. The minimum absolute atomic E-state index is 0.0479. The van der Waals surface area contributed by atoms with Crippen LogP contribution in [0.2, 0.25) is 10.0 Å². The monoisotopic (exact) mass is 449 g/mol. The molecule has 2 aromatic rings. The molecule has 1 saturated heterocycles. The minimum Gasteiger partial charge on any atom is -0.495 e. The van der Waals surface area contributed by atoms with Crippen molar-refractivity contribution in [3.8, 4) is 5.75 Å². The van der Waals surface area contributed by atoms with Crippen LogP contribution < -0.4 is 10.1 Å². The van der Waals surface area contributed by atoms with Gasteiger partial charge in [-0.2, -0.15) is 0 Å². The molecule has 30 heavy (non-hydrogen) atoms. The lowest BCUT2D eigenvalue weighted by Crippen LogP contribution is -2.36. The van der Waals surface area contributed by atoms with Crippen molar-refractivity contribution in [2.24, 2.45) is 0 Å². The van der Waals surface area contributed by atoms with Crippen LogP contribution in [0.15, 0.2) is 42.5 Å². The average Bonchev–Trinajstić information content (AvgIpc) is 2.98. The van der Waals surface area contributed by atoms with Crippen LogP contribution in [0, 0.1) is 0 Å². The van der Waals surface area contributed by atoms with Crippen LogP contribution in [0.3, 0.4) is 0 Å². The zero-order valence-electron chi connectivity index (χ0n) is 16.9. The van der Waals surface area contributed by atoms with E-state index in [4.69, 9.17) is 27.9 Å². The van der Waals surface area contributed by atoms with E-state index >= 15 is 0 Å². The zero-order chi connectivity index (χ0) is 21.5. The number of nitrogens with one attached hydrogen (secondary N) is 1. The highest BCUT2D eigenvalue weighted by Gasteiger charge is 2.22. The maximum atomic E-state index is 12.8. The molecule has 0 atom stereocenters. The van der Waals surface area contributed by atoms with E-state index in [1.165, 1.54) is 0 Å². The van der Waals surface area contributed by atoms with Gasteiger partial charge in [-0.3, -0.25) is 9.59 Å². The first kappa shape index (κ1) is 22.4. The third-order valence-electron chi connectivity index (χ3n) is 5.07. The average molecular weight is 450 g/mol. The summed E-state index contributed by atoms with van der Waals surface area (Å²) in [6.45, 7) is 3.44. The van der Waals surface area contributed by atoms with Crippen molar-refractivity contribution in [2.45, 2.75) is 12.8 Å². The summed E-state index contributed by atoms with van der Waals surface area (Å²) in [5.74, 6) is 0.410. The first-order chi connectivity index (χ1) is 14.5. The maximum absolute atomic E-state index is 12.8. The molecule has 1 N–H and O–H groups in total. The lowest BCUT2D eigenvalue weighted by molar-refractivity contribution is -0.116. The SMILES string of the molecule is COc1ccc(Cl)cc1NC(=O)CCN1CCCN(C(=O)c2ccccc2Cl)CC1. The Morgan fingerprint density at radius 3 is 2.63 bits per heavy atom. The second-order valence-electron chi connectivity index (χ2n) is 7.11. The van der Waals surface area contributed by atoms with Gasteiger partial charge in [0.25, 0.3) is 5.91 Å². The highest BCUT2D eigenvalue weighted by Crippen LogP contribution is 2.27. The highest BCUT2D eigenvalue weighted by molar-refractivity contribution is 6.33. The lowest BCUT2D eigenvalue weighted by atomic mass is 10.2. The molecule has 1 aliphatic heterocycles. The number of hydrogen-bond acceptors (Lipinski definition) is 4. The summed E-state index contributed by atoms with van der Waals surface area (Å²) in [6.07, 6.45) is 1.19. The van der Waals surface area contributed by atoms with E-state index in [2.05, 4.69) is 10.2 Å². The molecule has 0 aliphatic carbocycles. The Bertz CT molecular complexity index is 907. The Morgan fingerprint density at radius 1 is 1.07 bits per heavy atom. The number of anilines is 1. The van der Waals surface area contributed by atoms with Gasteiger partial charge in [-0.05, 0) is 43.3 Å². The smallest absolute Gasteiger partial charge is 0.255 e. The molecule has 0 unspecified atom stereocenters. The molecule has 2 amide bonds. The van der Waals surface area contributed by atoms with E-state index in [0.29, 0.717) is 59.6 Å².